The van der Waals surface area contributed by atoms with Gasteiger partial charge >= 0.3 is 0 Å². The van der Waals surface area contributed by atoms with Gasteiger partial charge in [0.15, 0.2) is 0 Å². The van der Waals surface area contributed by atoms with Crippen LogP contribution in [0.5, 0.6) is 5.75 Å². The van der Waals surface area contributed by atoms with Gasteiger partial charge in [-0.25, -0.2) is 4.98 Å². The van der Waals surface area contributed by atoms with Crippen molar-refractivity contribution in [3.63, 3.8) is 0 Å². The lowest BCUT2D eigenvalue weighted by molar-refractivity contribution is 0.412. The highest BCUT2D eigenvalue weighted by Gasteiger charge is 2.14. The molecule has 0 N–H and O–H groups in total. The van der Waals surface area contributed by atoms with Crippen LogP contribution in [0.25, 0.3) is 16.7 Å². The second kappa shape index (κ2) is 5.87. The zero-order valence-electron chi connectivity index (χ0n) is 11.1. The Labute approximate surface area is 140 Å². The van der Waals surface area contributed by atoms with Gasteiger partial charge in [-0.1, -0.05) is 17.7 Å². The molecule has 6 heteroatoms. The van der Waals surface area contributed by atoms with Crippen molar-refractivity contribution in [2.24, 2.45) is 0 Å². The minimum Gasteiger partial charge on any atom is -0.496 e. The largest absolute Gasteiger partial charge is 0.496 e. The maximum atomic E-state index is 6.22. The Morgan fingerprint density at radius 3 is 2.76 bits per heavy atom. The highest BCUT2D eigenvalue weighted by molar-refractivity contribution is 9.10. The summed E-state index contributed by atoms with van der Waals surface area (Å²) in [4.78, 5) is 4.53. The number of rotatable bonds is 3. The molecule has 108 valence electrons. The summed E-state index contributed by atoms with van der Waals surface area (Å²) in [5.74, 6) is 1.82. The van der Waals surface area contributed by atoms with Crippen LogP contribution in [0.3, 0.4) is 0 Å². The van der Waals surface area contributed by atoms with Crippen LogP contribution < -0.4 is 4.74 Å². The first-order valence-corrected chi connectivity index (χ1v) is 7.92. The summed E-state index contributed by atoms with van der Waals surface area (Å²) in [5.41, 5.74) is 2.63. The third-order valence-corrected chi connectivity index (χ3v) is 4.38. The highest BCUT2D eigenvalue weighted by atomic mass is 79.9. The molecule has 2 aromatic carbocycles. The lowest BCUT2D eigenvalue weighted by atomic mass is 10.2. The number of nitrogens with zero attached hydrogens (tertiary/aromatic N) is 2. The standard InChI is InChI=1S/C15H11BrCl2N2O/c1-21-13-6-5-9(7-10(13)16)20-12-4-2-3-11(18)15(12)19-14(20)8-17/h2-7H,8H2,1H3. The topological polar surface area (TPSA) is 27.1 Å². The van der Waals surface area contributed by atoms with Crippen LogP contribution in [0.2, 0.25) is 5.02 Å². The highest BCUT2D eigenvalue weighted by Crippen LogP contribution is 2.31. The number of imidazole rings is 1. The molecule has 0 spiro atoms. The summed E-state index contributed by atoms with van der Waals surface area (Å²) in [7, 11) is 1.64. The van der Waals surface area contributed by atoms with E-state index in [9.17, 15) is 0 Å². The molecule has 1 aromatic heterocycles. The summed E-state index contributed by atoms with van der Waals surface area (Å²) in [6.45, 7) is 0. The van der Waals surface area contributed by atoms with Crippen LogP contribution in [0.15, 0.2) is 40.9 Å². The van der Waals surface area contributed by atoms with Gasteiger partial charge in [-0.2, -0.15) is 0 Å². The van der Waals surface area contributed by atoms with E-state index in [0.717, 1.165) is 32.8 Å². The first-order chi connectivity index (χ1) is 10.2. The molecule has 3 aromatic rings. The van der Waals surface area contributed by atoms with Crippen LogP contribution in [0.1, 0.15) is 5.82 Å². The van der Waals surface area contributed by atoms with Gasteiger partial charge in [-0.3, -0.25) is 4.57 Å². The molecule has 0 unspecified atom stereocenters. The predicted molar refractivity (Wildman–Crippen MR) is 89.9 cm³/mol. The first-order valence-electron chi connectivity index (χ1n) is 6.21. The van der Waals surface area contributed by atoms with Gasteiger partial charge < -0.3 is 4.74 Å². The average molecular weight is 386 g/mol. The lowest BCUT2D eigenvalue weighted by Gasteiger charge is -2.10. The number of fused-ring (bicyclic) bond motifs is 1. The van der Waals surface area contributed by atoms with Crippen LogP contribution in [0, 0.1) is 0 Å². The van der Waals surface area contributed by atoms with E-state index >= 15 is 0 Å². The quantitative estimate of drug-likeness (QED) is 0.580. The molecular weight excluding hydrogens is 375 g/mol. The van der Waals surface area contributed by atoms with E-state index in [4.69, 9.17) is 27.9 Å². The van der Waals surface area contributed by atoms with Gasteiger partial charge in [-0.15, -0.1) is 11.6 Å². The number of ether oxygens (including phenoxy) is 1. The molecule has 21 heavy (non-hydrogen) atoms. The molecule has 3 nitrogen and oxygen atoms in total. The number of benzene rings is 2. The molecule has 0 saturated heterocycles. The fourth-order valence-electron chi connectivity index (χ4n) is 2.29. The molecule has 0 bridgehead atoms. The summed E-state index contributed by atoms with van der Waals surface area (Å²) in [5, 5.41) is 0.616. The van der Waals surface area contributed by atoms with Crippen LogP contribution >= 0.6 is 39.1 Å². The van der Waals surface area contributed by atoms with E-state index in [1.54, 1.807) is 7.11 Å². The molecule has 0 atom stereocenters. The van der Waals surface area contributed by atoms with E-state index in [0.29, 0.717) is 10.9 Å². The Bertz CT molecular complexity index is 817. The van der Waals surface area contributed by atoms with E-state index in [-0.39, 0.29) is 0 Å². The number of halogens is 3. The second-order valence-corrected chi connectivity index (χ2v) is 5.95. The van der Waals surface area contributed by atoms with Gasteiger partial charge in [0, 0.05) is 5.69 Å². The van der Waals surface area contributed by atoms with E-state index in [1.165, 1.54) is 0 Å². The number of methoxy groups -OCH3 is 1. The molecule has 0 aliphatic rings. The first kappa shape index (κ1) is 14.7. The zero-order chi connectivity index (χ0) is 15.0. The van der Waals surface area contributed by atoms with Crippen molar-refractivity contribution < 1.29 is 4.74 Å². The summed E-state index contributed by atoms with van der Waals surface area (Å²) in [6.07, 6.45) is 0. The Kier molecular flexibility index (Phi) is 4.11. The van der Waals surface area contributed by atoms with E-state index in [2.05, 4.69) is 20.9 Å². The number of para-hydroxylation sites is 1. The molecular formula is C15H11BrCl2N2O. The fraction of sp³-hybridized carbons (Fsp3) is 0.133. The van der Waals surface area contributed by atoms with Gasteiger partial charge in [-0.05, 0) is 46.3 Å². The summed E-state index contributed by atoms with van der Waals surface area (Å²) in [6, 6.07) is 11.5. The predicted octanol–water partition coefficient (Wildman–Crippen LogP) is 5.19. The number of alkyl halides is 1. The molecule has 0 radical (unpaired) electrons. The SMILES string of the molecule is COc1ccc(-n2c(CCl)nc3c(Cl)cccc32)cc1Br. The Morgan fingerprint density at radius 2 is 2.10 bits per heavy atom. The number of hydrogen-bond acceptors (Lipinski definition) is 2. The lowest BCUT2D eigenvalue weighted by Crippen LogP contribution is -1.99. The third kappa shape index (κ3) is 2.52. The monoisotopic (exact) mass is 384 g/mol. The van der Waals surface area contributed by atoms with Gasteiger partial charge in [0.1, 0.15) is 17.1 Å². The molecule has 3 rings (SSSR count). The third-order valence-electron chi connectivity index (χ3n) is 3.22. The van der Waals surface area contributed by atoms with Crippen molar-refractivity contribution in [3.05, 3.63) is 51.7 Å². The van der Waals surface area contributed by atoms with Crippen molar-refractivity contribution >= 4 is 50.2 Å². The second-order valence-electron chi connectivity index (χ2n) is 4.42. The Hall–Kier alpha value is -1.23. The molecule has 0 fully saturated rings. The van der Waals surface area contributed by atoms with Crippen LogP contribution in [-0.2, 0) is 5.88 Å². The van der Waals surface area contributed by atoms with Crippen LogP contribution in [0.4, 0.5) is 0 Å². The minimum atomic E-state index is 0.300. The van der Waals surface area contributed by atoms with Gasteiger partial charge in [0.2, 0.25) is 0 Å². The van der Waals surface area contributed by atoms with Crippen molar-refractivity contribution in [1.82, 2.24) is 9.55 Å². The maximum absolute atomic E-state index is 6.22. The van der Waals surface area contributed by atoms with Gasteiger partial charge in [0.25, 0.3) is 0 Å². The smallest absolute Gasteiger partial charge is 0.133 e. The van der Waals surface area contributed by atoms with E-state index < -0.39 is 0 Å². The molecule has 0 aliphatic carbocycles. The number of hydrogen-bond donors (Lipinski definition) is 0. The maximum Gasteiger partial charge on any atom is 0.133 e. The molecule has 1 heterocycles. The Morgan fingerprint density at radius 1 is 1.29 bits per heavy atom. The van der Waals surface area contributed by atoms with E-state index in [1.807, 2.05) is 41.0 Å². The zero-order valence-corrected chi connectivity index (χ0v) is 14.2. The molecule has 0 saturated carbocycles. The fourth-order valence-corrected chi connectivity index (χ4v) is 3.20. The molecule has 0 amide bonds. The van der Waals surface area contributed by atoms with Crippen molar-refractivity contribution in [2.45, 2.75) is 5.88 Å². The average Bonchev–Trinajstić information content (AvgIpc) is 2.87. The van der Waals surface area contributed by atoms with Gasteiger partial charge in [0.05, 0.1) is 28.0 Å². The Balaban J connectivity index is 2.28. The minimum absolute atomic E-state index is 0.300. The summed E-state index contributed by atoms with van der Waals surface area (Å²) >= 11 is 15.8. The van der Waals surface area contributed by atoms with Crippen LogP contribution in [-0.4, -0.2) is 16.7 Å². The normalized spacial score (nSPS) is 11.0. The van der Waals surface area contributed by atoms with Crippen molar-refractivity contribution in [2.75, 3.05) is 7.11 Å². The van der Waals surface area contributed by atoms with Crippen molar-refractivity contribution in [1.29, 1.82) is 0 Å². The summed E-state index contributed by atoms with van der Waals surface area (Å²) < 4.78 is 8.13. The number of aromatic nitrogens is 2. The van der Waals surface area contributed by atoms with Crippen molar-refractivity contribution in [3.8, 4) is 11.4 Å². The molecule has 0 aliphatic heterocycles.